The Morgan fingerprint density at radius 3 is 2.73 bits per heavy atom. The molecule has 0 aliphatic rings. The van der Waals surface area contributed by atoms with Crippen molar-refractivity contribution in [3.8, 4) is 5.75 Å². The van der Waals surface area contributed by atoms with E-state index in [1.165, 1.54) is 0 Å². The summed E-state index contributed by atoms with van der Waals surface area (Å²) in [5, 5.41) is 4.32. The Kier molecular flexibility index (Phi) is 4.02. The second-order valence-corrected chi connectivity index (χ2v) is 5.29. The molecule has 0 radical (unpaired) electrons. The number of benzene rings is 2. The number of furan rings is 1. The van der Waals surface area contributed by atoms with E-state index < -0.39 is 0 Å². The van der Waals surface area contributed by atoms with E-state index in [4.69, 9.17) is 20.8 Å². The van der Waals surface area contributed by atoms with Crippen molar-refractivity contribution in [2.75, 3.05) is 12.4 Å². The van der Waals surface area contributed by atoms with Gasteiger partial charge in [-0.25, -0.2) is 0 Å². The standard InChI is InChI=1S/C17H14ClNO3/c1-21-14-5-3-13(4-6-14)19-17(20)8-11-10-22-16-7-2-12(18)9-15(11)16/h2-7,9-10H,8H2,1H3,(H,19,20). The van der Waals surface area contributed by atoms with Gasteiger partial charge in [-0.1, -0.05) is 11.6 Å². The first-order valence-electron chi connectivity index (χ1n) is 6.75. The van der Waals surface area contributed by atoms with Crippen molar-refractivity contribution in [1.29, 1.82) is 0 Å². The quantitative estimate of drug-likeness (QED) is 0.782. The van der Waals surface area contributed by atoms with Gasteiger partial charge >= 0.3 is 0 Å². The summed E-state index contributed by atoms with van der Waals surface area (Å²) >= 11 is 5.99. The van der Waals surface area contributed by atoms with E-state index in [0.29, 0.717) is 5.02 Å². The number of fused-ring (bicyclic) bond motifs is 1. The zero-order valence-electron chi connectivity index (χ0n) is 11.9. The smallest absolute Gasteiger partial charge is 0.228 e. The number of hydrogen-bond donors (Lipinski definition) is 1. The minimum absolute atomic E-state index is 0.118. The maximum Gasteiger partial charge on any atom is 0.228 e. The van der Waals surface area contributed by atoms with Crippen LogP contribution in [0.3, 0.4) is 0 Å². The lowest BCUT2D eigenvalue weighted by molar-refractivity contribution is -0.115. The zero-order chi connectivity index (χ0) is 15.5. The zero-order valence-corrected chi connectivity index (χ0v) is 12.7. The molecule has 0 fully saturated rings. The van der Waals surface area contributed by atoms with Gasteiger partial charge < -0.3 is 14.5 Å². The van der Waals surface area contributed by atoms with Crippen molar-refractivity contribution in [2.24, 2.45) is 0 Å². The van der Waals surface area contributed by atoms with Crippen molar-refractivity contribution in [2.45, 2.75) is 6.42 Å². The molecule has 1 amide bonds. The summed E-state index contributed by atoms with van der Waals surface area (Å²) in [6, 6.07) is 12.5. The van der Waals surface area contributed by atoms with Gasteiger partial charge in [-0.05, 0) is 42.5 Å². The van der Waals surface area contributed by atoms with E-state index in [2.05, 4.69) is 5.32 Å². The summed E-state index contributed by atoms with van der Waals surface area (Å²) in [5.74, 6) is 0.626. The van der Waals surface area contributed by atoms with Crippen molar-refractivity contribution in [3.63, 3.8) is 0 Å². The number of rotatable bonds is 4. The van der Waals surface area contributed by atoms with Crippen LogP contribution < -0.4 is 10.1 Å². The molecule has 5 heteroatoms. The Bertz CT molecular complexity index is 808. The minimum atomic E-state index is -0.118. The van der Waals surface area contributed by atoms with Crippen LogP contribution in [0.1, 0.15) is 5.56 Å². The molecule has 3 aromatic rings. The average molecular weight is 316 g/mol. The highest BCUT2D eigenvalue weighted by Gasteiger charge is 2.11. The molecule has 4 nitrogen and oxygen atoms in total. The van der Waals surface area contributed by atoms with Crippen LogP contribution in [0.25, 0.3) is 11.0 Å². The van der Waals surface area contributed by atoms with Crippen LogP contribution in [-0.2, 0) is 11.2 Å². The molecule has 1 aromatic heterocycles. The van der Waals surface area contributed by atoms with Gasteiger partial charge in [0.2, 0.25) is 5.91 Å². The summed E-state index contributed by atoms with van der Waals surface area (Å²) < 4.78 is 10.5. The Hall–Kier alpha value is -2.46. The number of anilines is 1. The second-order valence-electron chi connectivity index (χ2n) is 4.85. The molecular formula is C17H14ClNO3. The molecule has 0 aliphatic carbocycles. The molecule has 0 saturated heterocycles. The van der Waals surface area contributed by atoms with Crippen molar-refractivity contribution >= 4 is 34.2 Å². The van der Waals surface area contributed by atoms with Gasteiger partial charge in [-0.3, -0.25) is 4.79 Å². The third-order valence-corrected chi connectivity index (χ3v) is 3.58. The Morgan fingerprint density at radius 2 is 2.00 bits per heavy atom. The van der Waals surface area contributed by atoms with Crippen LogP contribution >= 0.6 is 11.6 Å². The molecule has 0 atom stereocenters. The Morgan fingerprint density at radius 1 is 1.23 bits per heavy atom. The number of hydrogen-bond acceptors (Lipinski definition) is 3. The van der Waals surface area contributed by atoms with Gasteiger partial charge in [-0.15, -0.1) is 0 Å². The predicted octanol–water partition coefficient (Wildman–Crippen LogP) is 4.28. The first kappa shape index (κ1) is 14.5. The van der Waals surface area contributed by atoms with E-state index >= 15 is 0 Å². The van der Waals surface area contributed by atoms with Crippen LogP contribution in [0.4, 0.5) is 5.69 Å². The van der Waals surface area contributed by atoms with Crippen LogP contribution in [0.2, 0.25) is 5.02 Å². The van der Waals surface area contributed by atoms with E-state index in [1.807, 2.05) is 0 Å². The molecular weight excluding hydrogens is 302 g/mol. The fraction of sp³-hybridized carbons (Fsp3) is 0.118. The first-order valence-corrected chi connectivity index (χ1v) is 7.13. The molecule has 0 bridgehead atoms. The molecule has 0 unspecified atom stereocenters. The van der Waals surface area contributed by atoms with Crippen molar-refractivity contribution < 1.29 is 13.9 Å². The SMILES string of the molecule is COc1ccc(NC(=O)Cc2coc3ccc(Cl)cc23)cc1. The Labute approximate surface area is 132 Å². The molecule has 3 rings (SSSR count). The lowest BCUT2D eigenvalue weighted by Gasteiger charge is -2.05. The molecule has 1 N–H and O–H groups in total. The lowest BCUT2D eigenvalue weighted by atomic mass is 10.1. The van der Waals surface area contributed by atoms with Crippen molar-refractivity contribution in [3.05, 3.63) is 59.3 Å². The number of carbonyl (C=O) groups excluding carboxylic acids is 1. The van der Waals surface area contributed by atoms with Crippen LogP contribution in [0.15, 0.2) is 53.1 Å². The van der Waals surface area contributed by atoms with E-state index in [1.54, 1.807) is 55.8 Å². The topological polar surface area (TPSA) is 51.5 Å². The number of carbonyl (C=O) groups is 1. The molecule has 2 aromatic carbocycles. The average Bonchev–Trinajstić information content (AvgIpc) is 2.90. The largest absolute Gasteiger partial charge is 0.497 e. The number of nitrogens with one attached hydrogen (secondary N) is 1. The number of amides is 1. The molecule has 112 valence electrons. The summed E-state index contributed by atoms with van der Waals surface area (Å²) in [6.07, 6.45) is 1.81. The monoisotopic (exact) mass is 315 g/mol. The normalized spacial score (nSPS) is 10.6. The molecule has 22 heavy (non-hydrogen) atoms. The highest BCUT2D eigenvalue weighted by molar-refractivity contribution is 6.31. The fourth-order valence-electron chi connectivity index (χ4n) is 2.24. The van der Waals surface area contributed by atoms with Crippen LogP contribution in [0, 0.1) is 0 Å². The van der Waals surface area contributed by atoms with E-state index in [0.717, 1.165) is 28.0 Å². The predicted molar refractivity (Wildman–Crippen MR) is 86.6 cm³/mol. The number of halogens is 1. The number of methoxy groups -OCH3 is 1. The van der Waals surface area contributed by atoms with Gasteiger partial charge in [0.25, 0.3) is 0 Å². The maximum atomic E-state index is 12.1. The fourth-order valence-corrected chi connectivity index (χ4v) is 2.42. The van der Waals surface area contributed by atoms with E-state index in [9.17, 15) is 4.79 Å². The third-order valence-electron chi connectivity index (χ3n) is 3.34. The highest BCUT2D eigenvalue weighted by Crippen LogP contribution is 2.25. The number of ether oxygens (including phenoxy) is 1. The Balaban J connectivity index is 1.73. The second kappa shape index (κ2) is 6.12. The summed E-state index contributed by atoms with van der Waals surface area (Å²) in [7, 11) is 1.60. The van der Waals surface area contributed by atoms with Gasteiger partial charge in [0, 0.05) is 21.7 Å². The summed E-state index contributed by atoms with van der Waals surface area (Å²) in [4.78, 5) is 12.1. The van der Waals surface area contributed by atoms with Crippen molar-refractivity contribution in [1.82, 2.24) is 0 Å². The van der Waals surface area contributed by atoms with E-state index in [-0.39, 0.29) is 12.3 Å². The highest BCUT2D eigenvalue weighted by atomic mass is 35.5. The van der Waals surface area contributed by atoms with Gasteiger partial charge in [-0.2, -0.15) is 0 Å². The summed E-state index contributed by atoms with van der Waals surface area (Å²) in [6.45, 7) is 0. The van der Waals surface area contributed by atoms with Gasteiger partial charge in [0.1, 0.15) is 11.3 Å². The minimum Gasteiger partial charge on any atom is -0.497 e. The molecule has 1 heterocycles. The van der Waals surface area contributed by atoms with Gasteiger partial charge in [0.15, 0.2) is 0 Å². The first-order chi connectivity index (χ1) is 10.7. The molecule has 0 spiro atoms. The summed E-state index contributed by atoms with van der Waals surface area (Å²) in [5.41, 5.74) is 2.25. The third kappa shape index (κ3) is 3.07. The molecule has 0 aliphatic heterocycles. The van der Waals surface area contributed by atoms with Gasteiger partial charge in [0.05, 0.1) is 19.8 Å². The molecule has 0 saturated carbocycles. The maximum absolute atomic E-state index is 12.1. The van der Waals surface area contributed by atoms with Crippen LogP contribution in [-0.4, -0.2) is 13.0 Å². The van der Waals surface area contributed by atoms with Crippen LogP contribution in [0.5, 0.6) is 5.75 Å². The lowest BCUT2D eigenvalue weighted by Crippen LogP contribution is -2.14.